The number of allylic oxidation sites excluding steroid dienone is 1. The van der Waals surface area contributed by atoms with Crippen LogP contribution in [-0.2, 0) is 16.0 Å². The van der Waals surface area contributed by atoms with E-state index in [9.17, 15) is 9.59 Å². The van der Waals surface area contributed by atoms with Crippen molar-refractivity contribution in [3.05, 3.63) is 118 Å². The van der Waals surface area contributed by atoms with Gasteiger partial charge < -0.3 is 9.47 Å². The van der Waals surface area contributed by atoms with E-state index in [2.05, 4.69) is 6.07 Å². The predicted octanol–water partition coefficient (Wildman–Crippen LogP) is 5.20. The number of nitrogens with zero attached hydrogens (tertiary/aromatic N) is 2. The topological polar surface area (TPSA) is 59.1 Å². The molecule has 2 aliphatic rings. The molecule has 0 fully saturated rings. The molecule has 2 heterocycles. The first-order valence-corrected chi connectivity index (χ1v) is 12.1. The fraction of sp³-hybridized carbons (Fsp3) is 0.200. The van der Waals surface area contributed by atoms with E-state index in [1.165, 1.54) is 5.56 Å². The van der Waals surface area contributed by atoms with Crippen molar-refractivity contribution in [2.45, 2.75) is 19.4 Å². The van der Waals surface area contributed by atoms with Crippen LogP contribution >= 0.6 is 0 Å². The van der Waals surface area contributed by atoms with E-state index in [0.717, 1.165) is 17.5 Å². The maximum absolute atomic E-state index is 14.0. The van der Waals surface area contributed by atoms with Gasteiger partial charge in [-0.25, -0.2) is 14.8 Å². The molecule has 0 bridgehead atoms. The van der Waals surface area contributed by atoms with Gasteiger partial charge in [-0.3, -0.25) is 4.79 Å². The molecule has 3 aromatic carbocycles. The average Bonchev–Trinajstić information content (AvgIpc) is 3.27. The van der Waals surface area contributed by atoms with Gasteiger partial charge in [-0.15, -0.1) is 0 Å². The second kappa shape index (κ2) is 10.2. The highest BCUT2D eigenvalue weighted by Gasteiger charge is 2.47. The summed E-state index contributed by atoms with van der Waals surface area (Å²) in [4.78, 5) is 27.4. The zero-order valence-electron chi connectivity index (χ0n) is 20.4. The zero-order valence-corrected chi connectivity index (χ0v) is 20.4. The van der Waals surface area contributed by atoms with Gasteiger partial charge in [0, 0.05) is 12.1 Å². The maximum Gasteiger partial charge on any atom is 0.338 e. The number of methoxy groups -OCH3 is 1. The molecule has 1 atom stereocenters. The minimum absolute atomic E-state index is 0.214. The van der Waals surface area contributed by atoms with Crippen LogP contribution in [0.15, 0.2) is 96.2 Å². The number of hydrazine groups is 1. The Kier molecular flexibility index (Phi) is 6.69. The van der Waals surface area contributed by atoms with Crippen molar-refractivity contribution in [2.24, 2.45) is 0 Å². The lowest BCUT2D eigenvalue weighted by Gasteiger charge is -2.38. The maximum atomic E-state index is 14.0. The largest absolute Gasteiger partial charge is 0.497 e. The lowest BCUT2D eigenvalue weighted by Crippen LogP contribution is -2.46. The molecule has 0 aliphatic carbocycles. The number of esters is 1. The van der Waals surface area contributed by atoms with Crippen LogP contribution in [0.1, 0.15) is 40.0 Å². The second-order valence-electron chi connectivity index (χ2n) is 8.62. The second-order valence-corrected chi connectivity index (χ2v) is 8.62. The smallest absolute Gasteiger partial charge is 0.338 e. The van der Waals surface area contributed by atoms with E-state index in [0.29, 0.717) is 29.1 Å². The Balaban J connectivity index is 1.67. The fourth-order valence-corrected chi connectivity index (χ4v) is 4.87. The highest BCUT2D eigenvalue weighted by molar-refractivity contribution is 6.00. The molecule has 6 nitrogen and oxygen atoms in total. The van der Waals surface area contributed by atoms with E-state index in [1.54, 1.807) is 43.3 Å². The first-order valence-electron chi connectivity index (χ1n) is 12.1. The normalized spacial score (nSPS) is 17.2. The molecule has 0 saturated heterocycles. The number of rotatable bonds is 6. The molecule has 182 valence electrons. The Morgan fingerprint density at radius 1 is 0.944 bits per heavy atom. The summed E-state index contributed by atoms with van der Waals surface area (Å²) in [5.41, 5.74) is 4.66. The van der Waals surface area contributed by atoms with E-state index >= 15 is 0 Å². The molecule has 36 heavy (non-hydrogen) atoms. The summed E-state index contributed by atoms with van der Waals surface area (Å²) in [6.07, 6.45) is 4.54. The summed E-state index contributed by atoms with van der Waals surface area (Å²) in [5, 5.41) is 3.64. The van der Waals surface area contributed by atoms with Crippen molar-refractivity contribution in [2.75, 3.05) is 20.3 Å². The molecule has 1 unspecified atom stereocenters. The third kappa shape index (κ3) is 4.32. The summed E-state index contributed by atoms with van der Waals surface area (Å²) in [6.45, 7) is 2.63. The molecule has 0 radical (unpaired) electrons. The Hall–Kier alpha value is -4.16. The van der Waals surface area contributed by atoms with Gasteiger partial charge in [0.1, 0.15) is 5.75 Å². The average molecular weight is 481 g/mol. The Bertz CT molecular complexity index is 1330. The van der Waals surface area contributed by atoms with Crippen molar-refractivity contribution in [3.63, 3.8) is 0 Å². The molecule has 0 saturated carbocycles. The van der Waals surface area contributed by atoms with E-state index in [4.69, 9.17) is 9.47 Å². The van der Waals surface area contributed by atoms with Crippen LogP contribution in [0.3, 0.4) is 0 Å². The number of benzene rings is 3. The summed E-state index contributed by atoms with van der Waals surface area (Å²) in [5.74, 6) is 0.0423. The van der Waals surface area contributed by atoms with Crippen LogP contribution in [0.4, 0.5) is 0 Å². The third-order valence-corrected chi connectivity index (χ3v) is 6.55. The molecule has 5 rings (SSSR count). The molecule has 2 aliphatic heterocycles. The SMILES string of the molecule is CCOC(=O)C1=C(/C=C/c2ccccc2)N(C(=O)c2ccc(OC)cc2)N2CCc3ccccc3C12. The fourth-order valence-electron chi connectivity index (χ4n) is 4.87. The van der Waals surface area contributed by atoms with Crippen molar-refractivity contribution >= 4 is 18.0 Å². The summed E-state index contributed by atoms with van der Waals surface area (Å²) in [6, 6.07) is 24.5. The van der Waals surface area contributed by atoms with Crippen LogP contribution in [0, 0.1) is 0 Å². The number of carbonyl (C=O) groups is 2. The third-order valence-electron chi connectivity index (χ3n) is 6.55. The Morgan fingerprint density at radius 3 is 2.39 bits per heavy atom. The number of fused-ring (bicyclic) bond motifs is 3. The lowest BCUT2D eigenvalue weighted by atomic mass is 9.89. The van der Waals surface area contributed by atoms with Gasteiger partial charge >= 0.3 is 5.97 Å². The van der Waals surface area contributed by atoms with E-state index in [1.807, 2.05) is 65.7 Å². The molecule has 0 N–H and O–H groups in total. The Morgan fingerprint density at radius 2 is 1.67 bits per heavy atom. The van der Waals surface area contributed by atoms with Crippen LogP contribution in [-0.4, -0.2) is 42.2 Å². The van der Waals surface area contributed by atoms with E-state index in [-0.39, 0.29) is 12.5 Å². The van der Waals surface area contributed by atoms with Crippen LogP contribution < -0.4 is 4.74 Å². The van der Waals surface area contributed by atoms with Crippen LogP contribution in [0.25, 0.3) is 6.08 Å². The zero-order chi connectivity index (χ0) is 25.1. The molecule has 1 amide bonds. The van der Waals surface area contributed by atoms with E-state index < -0.39 is 12.0 Å². The lowest BCUT2D eigenvalue weighted by molar-refractivity contribution is -0.139. The first-order chi connectivity index (χ1) is 17.6. The van der Waals surface area contributed by atoms with Gasteiger partial charge in [0.25, 0.3) is 5.91 Å². The standard InChI is InChI=1S/C30H28N2O4/c1-3-36-30(34)27-26(18-13-21-9-5-4-6-10-21)32(29(33)23-14-16-24(35-2)17-15-23)31-20-19-22-11-7-8-12-25(22)28(27)31/h4-18,28H,3,19-20H2,1-2H3/b18-13+. The van der Waals surface area contributed by atoms with Gasteiger partial charge in [-0.05, 0) is 60.4 Å². The number of hydrogen-bond donors (Lipinski definition) is 0. The highest BCUT2D eigenvalue weighted by atomic mass is 16.5. The van der Waals surface area contributed by atoms with Crippen molar-refractivity contribution < 1.29 is 19.1 Å². The summed E-state index contributed by atoms with van der Waals surface area (Å²) >= 11 is 0. The molecule has 3 aromatic rings. The highest BCUT2D eigenvalue weighted by Crippen LogP contribution is 2.45. The first kappa shape index (κ1) is 23.6. The number of carbonyl (C=O) groups excluding carboxylic acids is 2. The molecule has 0 aromatic heterocycles. The quantitative estimate of drug-likeness (QED) is 0.454. The monoisotopic (exact) mass is 480 g/mol. The van der Waals surface area contributed by atoms with Gasteiger partial charge in [-0.1, -0.05) is 60.7 Å². The predicted molar refractivity (Wildman–Crippen MR) is 138 cm³/mol. The van der Waals surface area contributed by atoms with Crippen molar-refractivity contribution in [1.82, 2.24) is 10.0 Å². The minimum Gasteiger partial charge on any atom is -0.497 e. The van der Waals surface area contributed by atoms with Gasteiger partial charge in [-0.2, -0.15) is 0 Å². The van der Waals surface area contributed by atoms with Crippen LogP contribution in [0.5, 0.6) is 5.75 Å². The van der Waals surface area contributed by atoms with Gasteiger partial charge in [0.05, 0.1) is 31.0 Å². The molecule has 6 heteroatoms. The number of hydrogen-bond acceptors (Lipinski definition) is 5. The van der Waals surface area contributed by atoms with Gasteiger partial charge in [0.15, 0.2) is 0 Å². The summed E-state index contributed by atoms with van der Waals surface area (Å²) in [7, 11) is 1.59. The number of amides is 1. The van der Waals surface area contributed by atoms with Crippen molar-refractivity contribution in [3.8, 4) is 5.75 Å². The van der Waals surface area contributed by atoms with Crippen LogP contribution in [0.2, 0.25) is 0 Å². The molecule has 0 spiro atoms. The van der Waals surface area contributed by atoms with Crippen molar-refractivity contribution in [1.29, 1.82) is 0 Å². The minimum atomic E-state index is -0.415. The molecular formula is C30H28N2O4. The number of ether oxygens (including phenoxy) is 2. The molecular weight excluding hydrogens is 452 g/mol. The Labute approximate surface area is 211 Å². The summed E-state index contributed by atoms with van der Waals surface area (Å²) < 4.78 is 10.8. The van der Waals surface area contributed by atoms with Gasteiger partial charge in [0.2, 0.25) is 0 Å².